The zero-order valence-corrected chi connectivity index (χ0v) is 19.3. The summed E-state index contributed by atoms with van der Waals surface area (Å²) < 4.78 is 16.3. The van der Waals surface area contributed by atoms with Crippen LogP contribution in [0.15, 0.2) is 65.8 Å². The van der Waals surface area contributed by atoms with E-state index in [1.54, 1.807) is 21.3 Å². The van der Waals surface area contributed by atoms with Crippen molar-refractivity contribution in [2.75, 3.05) is 47.5 Å². The van der Waals surface area contributed by atoms with Crippen LogP contribution in [0.3, 0.4) is 0 Å². The van der Waals surface area contributed by atoms with Crippen LogP contribution in [-0.4, -0.2) is 63.6 Å². The number of rotatable bonds is 6. The summed E-state index contributed by atoms with van der Waals surface area (Å²) in [5.41, 5.74) is 6.39. The minimum absolute atomic E-state index is 0.314. The fourth-order valence-electron chi connectivity index (χ4n) is 4.90. The Morgan fingerprint density at radius 2 is 1.27 bits per heavy atom. The van der Waals surface area contributed by atoms with Gasteiger partial charge in [0.15, 0.2) is 11.5 Å². The van der Waals surface area contributed by atoms with Gasteiger partial charge < -0.3 is 14.2 Å². The Balaban J connectivity index is 1.31. The molecule has 0 atom stereocenters. The Labute approximate surface area is 195 Å². The van der Waals surface area contributed by atoms with Gasteiger partial charge in [-0.05, 0) is 28.3 Å². The summed E-state index contributed by atoms with van der Waals surface area (Å²) in [5.74, 6) is 1.99. The van der Waals surface area contributed by atoms with Gasteiger partial charge in [-0.25, -0.2) is 0 Å². The molecule has 1 aliphatic carbocycles. The zero-order valence-electron chi connectivity index (χ0n) is 19.3. The minimum Gasteiger partial charge on any atom is -0.496 e. The van der Waals surface area contributed by atoms with Crippen LogP contribution in [-0.2, 0) is 0 Å². The predicted molar refractivity (Wildman–Crippen MR) is 131 cm³/mol. The van der Waals surface area contributed by atoms with E-state index < -0.39 is 0 Å². The smallest absolute Gasteiger partial charge is 0.164 e. The van der Waals surface area contributed by atoms with Crippen molar-refractivity contribution in [3.8, 4) is 28.4 Å². The Bertz CT molecular complexity index is 1120. The van der Waals surface area contributed by atoms with Crippen LogP contribution >= 0.6 is 0 Å². The lowest BCUT2D eigenvalue weighted by molar-refractivity contribution is 0.114. The van der Waals surface area contributed by atoms with E-state index >= 15 is 0 Å². The van der Waals surface area contributed by atoms with E-state index in [9.17, 15) is 0 Å². The molecule has 6 nitrogen and oxygen atoms in total. The van der Waals surface area contributed by atoms with Crippen molar-refractivity contribution < 1.29 is 14.2 Å². The van der Waals surface area contributed by atoms with Crippen molar-refractivity contribution in [3.63, 3.8) is 0 Å². The van der Waals surface area contributed by atoms with E-state index in [-0.39, 0.29) is 0 Å². The predicted octanol–water partition coefficient (Wildman–Crippen LogP) is 4.43. The maximum Gasteiger partial charge on any atom is 0.164 e. The zero-order chi connectivity index (χ0) is 22.8. The SMILES string of the molecule is COc1cc(OC)c(OC)cc1/C=N/N1CCN(C2c3ccccc3-c3ccccc32)CC1. The van der Waals surface area contributed by atoms with Crippen molar-refractivity contribution in [1.82, 2.24) is 9.91 Å². The lowest BCUT2D eigenvalue weighted by atomic mass is 10.0. The summed E-state index contributed by atoms with van der Waals surface area (Å²) in [7, 11) is 4.89. The molecule has 5 rings (SSSR count). The molecule has 1 aliphatic heterocycles. The minimum atomic E-state index is 0.314. The first-order chi connectivity index (χ1) is 16.2. The molecule has 0 unspecified atom stereocenters. The molecule has 33 heavy (non-hydrogen) atoms. The second-order valence-electron chi connectivity index (χ2n) is 8.26. The highest BCUT2D eigenvalue weighted by Crippen LogP contribution is 2.46. The summed E-state index contributed by atoms with van der Waals surface area (Å²) in [6.07, 6.45) is 1.84. The largest absolute Gasteiger partial charge is 0.496 e. The van der Waals surface area contributed by atoms with Crippen LogP contribution in [0.2, 0.25) is 0 Å². The molecule has 3 aromatic rings. The summed E-state index contributed by atoms with van der Waals surface area (Å²) in [5, 5.41) is 6.87. The number of hydrazone groups is 1. The molecule has 1 heterocycles. The summed E-state index contributed by atoms with van der Waals surface area (Å²) in [6, 6.07) is 21.6. The Hall–Kier alpha value is -3.51. The van der Waals surface area contributed by atoms with E-state index in [0.29, 0.717) is 23.3 Å². The van der Waals surface area contributed by atoms with Crippen molar-refractivity contribution >= 4 is 6.21 Å². The molecule has 6 heteroatoms. The summed E-state index contributed by atoms with van der Waals surface area (Å²) >= 11 is 0. The van der Waals surface area contributed by atoms with E-state index in [4.69, 9.17) is 19.3 Å². The first-order valence-corrected chi connectivity index (χ1v) is 11.2. The van der Waals surface area contributed by atoms with Crippen LogP contribution in [0.4, 0.5) is 0 Å². The van der Waals surface area contributed by atoms with Gasteiger partial charge in [0.25, 0.3) is 0 Å². The van der Waals surface area contributed by atoms with Crippen LogP contribution in [0.25, 0.3) is 11.1 Å². The van der Waals surface area contributed by atoms with Gasteiger partial charge in [-0.2, -0.15) is 5.10 Å². The fourth-order valence-corrected chi connectivity index (χ4v) is 4.90. The van der Waals surface area contributed by atoms with E-state index in [2.05, 4.69) is 58.4 Å². The van der Waals surface area contributed by atoms with Crippen molar-refractivity contribution in [2.45, 2.75) is 6.04 Å². The second kappa shape index (κ2) is 9.16. The van der Waals surface area contributed by atoms with Crippen molar-refractivity contribution in [3.05, 3.63) is 77.4 Å². The van der Waals surface area contributed by atoms with E-state index in [1.165, 1.54) is 22.3 Å². The van der Waals surface area contributed by atoms with Gasteiger partial charge >= 0.3 is 0 Å². The van der Waals surface area contributed by atoms with Gasteiger partial charge in [0, 0.05) is 37.8 Å². The lowest BCUT2D eigenvalue weighted by Gasteiger charge is -2.37. The molecule has 0 spiro atoms. The van der Waals surface area contributed by atoms with E-state index in [0.717, 1.165) is 31.7 Å². The third-order valence-electron chi connectivity index (χ3n) is 6.55. The number of hydrogen-bond acceptors (Lipinski definition) is 6. The van der Waals surface area contributed by atoms with Gasteiger partial charge in [0.2, 0.25) is 0 Å². The fraction of sp³-hybridized carbons (Fsp3) is 0.296. The Morgan fingerprint density at radius 3 is 1.85 bits per heavy atom. The highest BCUT2D eigenvalue weighted by molar-refractivity contribution is 5.85. The Morgan fingerprint density at radius 1 is 0.727 bits per heavy atom. The maximum absolute atomic E-state index is 5.52. The molecule has 0 amide bonds. The lowest BCUT2D eigenvalue weighted by Crippen LogP contribution is -2.45. The summed E-state index contributed by atoms with van der Waals surface area (Å²) in [6.45, 7) is 3.64. The highest BCUT2D eigenvalue weighted by Gasteiger charge is 2.33. The van der Waals surface area contributed by atoms with Crippen LogP contribution in [0, 0.1) is 0 Å². The van der Waals surface area contributed by atoms with Gasteiger partial charge in [-0.3, -0.25) is 9.91 Å². The Kier molecular flexibility index (Phi) is 5.92. The van der Waals surface area contributed by atoms with Gasteiger partial charge in [-0.1, -0.05) is 48.5 Å². The molecule has 1 saturated heterocycles. The number of hydrogen-bond donors (Lipinski definition) is 0. The highest BCUT2D eigenvalue weighted by atomic mass is 16.5. The first kappa shape index (κ1) is 21.3. The summed E-state index contributed by atoms with van der Waals surface area (Å²) in [4.78, 5) is 2.58. The van der Waals surface area contributed by atoms with Gasteiger partial charge in [0.1, 0.15) is 5.75 Å². The molecule has 0 N–H and O–H groups in total. The third-order valence-corrected chi connectivity index (χ3v) is 6.55. The third kappa shape index (κ3) is 3.91. The number of methoxy groups -OCH3 is 3. The molecule has 1 fully saturated rings. The molecular formula is C27H29N3O3. The van der Waals surface area contributed by atoms with Crippen LogP contribution in [0.5, 0.6) is 17.2 Å². The number of piperazine rings is 1. The molecule has 0 bridgehead atoms. The molecule has 2 aliphatic rings. The molecule has 3 aromatic carbocycles. The topological polar surface area (TPSA) is 46.5 Å². The standard InChI is InChI=1S/C27H29N3O3/c1-31-24-17-26(33-3)25(32-2)16-19(24)18-28-30-14-12-29(13-15-30)27-22-10-6-4-8-20(22)21-9-5-7-11-23(21)27/h4-11,16-18,27H,12-15H2,1-3H3/b28-18+. The normalized spacial score (nSPS) is 16.0. The van der Waals surface area contributed by atoms with Crippen LogP contribution < -0.4 is 14.2 Å². The number of ether oxygens (including phenoxy) is 3. The van der Waals surface area contributed by atoms with Crippen molar-refractivity contribution in [1.29, 1.82) is 0 Å². The second-order valence-corrected chi connectivity index (χ2v) is 8.26. The number of benzene rings is 3. The first-order valence-electron chi connectivity index (χ1n) is 11.2. The average Bonchev–Trinajstić information content (AvgIpc) is 3.21. The van der Waals surface area contributed by atoms with Crippen molar-refractivity contribution in [2.24, 2.45) is 5.10 Å². The molecular weight excluding hydrogens is 414 g/mol. The molecule has 0 saturated carbocycles. The number of fused-ring (bicyclic) bond motifs is 3. The molecule has 0 aromatic heterocycles. The maximum atomic E-state index is 5.52. The quantitative estimate of drug-likeness (QED) is 0.528. The average molecular weight is 444 g/mol. The van der Waals surface area contributed by atoms with Gasteiger partial charge in [-0.15, -0.1) is 0 Å². The van der Waals surface area contributed by atoms with Gasteiger partial charge in [0.05, 0.1) is 33.6 Å². The van der Waals surface area contributed by atoms with Crippen LogP contribution in [0.1, 0.15) is 22.7 Å². The molecule has 170 valence electrons. The van der Waals surface area contributed by atoms with E-state index in [1.807, 2.05) is 18.3 Å². The molecule has 0 radical (unpaired) electrons. The number of nitrogens with zero attached hydrogens (tertiary/aromatic N) is 3. The monoisotopic (exact) mass is 443 g/mol.